The Morgan fingerprint density at radius 1 is 0.800 bits per heavy atom. The summed E-state index contributed by atoms with van der Waals surface area (Å²) in [6.07, 6.45) is 16.0. The minimum atomic E-state index is 0.688. The summed E-state index contributed by atoms with van der Waals surface area (Å²) in [5, 5.41) is 0. The van der Waals surface area contributed by atoms with E-state index in [4.69, 9.17) is 22.3 Å². The maximum Gasteiger partial charge on any atom is 0.122 e. The molecule has 20 heavy (non-hydrogen) atoms. The molecule has 0 fully saturated rings. The Hall–Kier alpha value is -2.06. The normalized spacial score (nSPS) is 9.50. The lowest BCUT2D eigenvalue weighted by Crippen LogP contribution is -1.99. The zero-order chi connectivity index (χ0) is 14.5. The van der Waals surface area contributed by atoms with E-state index >= 15 is 0 Å². The van der Waals surface area contributed by atoms with E-state index in [1.807, 2.05) is 24.3 Å². The largest absolute Gasteiger partial charge is 0.493 e. The van der Waals surface area contributed by atoms with Crippen LogP contribution in [0.1, 0.15) is 38.5 Å². The Kier molecular flexibility index (Phi) is 8.66. The quantitative estimate of drug-likeness (QED) is 0.471. The number of rotatable bonds is 10. The van der Waals surface area contributed by atoms with Crippen molar-refractivity contribution in [1.82, 2.24) is 0 Å². The van der Waals surface area contributed by atoms with Gasteiger partial charge in [0.15, 0.2) is 0 Å². The smallest absolute Gasteiger partial charge is 0.122 e. The van der Waals surface area contributed by atoms with E-state index in [1.165, 1.54) is 0 Å². The molecular weight excluding hydrogens is 248 g/mol. The van der Waals surface area contributed by atoms with Crippen LogP contribution in [0.5, 0.6) is 11.5 Å². The molecule has 106 valence electrons. The van der Waals surface area contributed by atoms with Crippen LogP contribution < -0.4 is 9.47 Å². The van der Waals surface area contributed by atoms with Crippen molar-refractivity contribution in [3.8, 4) is 36.2 Å². The summed E-state index contributed by atoms with van der Waals surface area (Å²) >= 11 is 0. The zero-order valence-electron chi connectivity index (χ0n) is 11.9. The van der Waals surface area contributed by atoms with Crippen molar-refractivity contribution < 1.29 is 9.47 Å². The van der Waals surface area contributed by atoms with Gasteiger partial charge in [0, 0.05) is 18.9 Å². The number of terminal acetylenes is 2. The van der Waals surface area contributed by atoms with Gasteiger partial charge in [-0.3, -0.25) is 0 Å². The average Bonchev–Trinajstić information content (AvgIpc) is 2.47. The van der Waals surface area contributed by atoms with Crippen LogP contribution in [0.2, 0.25) is 0 Å². The SMILES string of the molecule is C#CCCCCOc1cccc(OCCCCC#C)c1. The fourth-order valence-electron chi connectivity index (χ4n) is 1.69. The van der Waals surface area contributed by atoms with E-state index in [0.29, 0.717) is 13.2 Å². The summed E-state index contributed by atoms with van der Waals surface area (Å²) in [4.78, 5) is 0. The number of hydrogen-bond donors (Lipinski definition) is 0. The lowest BCUT2D eigenvalue weighted by atomic mass is 10.2. The van der Waals surface area contributed by atoms with Gasteiger partial charge in [0.05, 0.1) is 13.2 Å². The standard InChI is InChI=1S/C18H22O2/c1-3-5-7-9-14-19-17-12-11-13-18(16-17)20-15-10-8-6-4-2/h1-2,11-13,16H,5-10,14-15H2. The van der Waals surface area contributed by atoms with Gasteiger partial charge in [-0.15, -0.1) is 24.7 Å². The number of benzene rings is 1. The third-order valence-electron chi connectivity index (χ3n) is 2.77. The molecule has 1 rings (SSSR count). The Balaban J connectivity index is 2.23. The Morgan fingerprint density at radius 2 is 1.30 bits per heavy atom. The average molecular weight is 270 g/mol. The highest BCUT2D eigenvalue weighted by Gasteiger charge is 1.98. The molecule has 0 aliphatic heterocycles. The summed E-state index contributed by atoms with van der Waals surface area (Å²) in [7, 11) is 0. The second-order valence-electron chi connectivity index (χ2n) is 4.49. The van der Waals surface area contributed by atoms with Gasteiger partial charge in [-0.05, 0) is 37.8 Å². The number of ether oxygens (including phenoxy) is 2. The molecule has 0 unspecified atom stereocenters. The van der Waals surface area contributed by atoms with Crippen LogP contribution in [-0.4, -0.2) is 13.2 Å². The highest BCUT2D eigenvalue weighted by molar-refractivity contribution is 5.32. The third-order valence-corrected chi connectivity index (χ3v) is 2.77. The van der Waals surface area contributed by atoms with Crippen molar-refractivity contribution in [2.75, 3.05) is 13.2 Å². The Bertz CT molecular complexity index is 412. The summed E-state index contributed by atoms with van der Waals surface area (Å²) < 4.78 is 11.3. The van der Waals surface area contributed by atoms with E-state index in [0.717, 1.165) is 50.0 Å². The van der Waals surface area contributed by atoms with E-state index in [-0.39, 0.29) is 0 Å². The van der Waals surface area contributed by atoms with Crippen LogP contribution in [0.4, 0.5) is 0 Å². The molecule has 1 aromatic carbocycles. The third kappa shape index (κ3) is 7.39. The monoisotopic (exact) mass is 270 g/mol. The molecule has 0 amide bonds. The van der Waals surface area contributed by atoms with E-state index in [1.54, 1.807) is 0 Å². The number of hydrogen-bond acceptors (Lipinski definition) is 2. The first-order valence-corrected chi connectivity index (χ1v) is 7.09. The van der Waals surface area contributed by atoms with Crippen molar-refractivity contribution in [1.29, 1.82) is 0 Å². The Labute approximate surface area is 122 Å². The van der Waals surface area contributed by atoms with Crippen molar-refractivity contribution in [3.63, 3.8) is 0 Å². The first-order chi connectivity index (χ1) is 9.86. The van der Waals surface area contributed by atoms with Crippen molar-refractivity contribution in [2.24, 2.45) is 0 Å². The second-order valence-corrected chi connectivity index (χ2v) is 4.49. The lowest BCUT2D eigenvalue weighted by molar-refractivity contribution is 0.292. The molecule has 0 heterocycles. The van der Waals surface area contributed by atoms with E-state index < -0.39 is 0 Å². The maximum absolute atomic E-state index is 5.66. The number of unbranched alkanes of at least 4 members (excludes halogenated alkanes) is 4. The van der Waals surface area contributed by atoms with Crippen LogP contribution in [0.25, 0.3) is 0 Å². The molecule has 0 aliphatic rings. The molecule has 0 aromatic heterocycles. The van der Waals surface area contributed by atoms with Crippen molar-refractivity contribution in [3.05, 3.63) is 24.3 Å². The summed E-state index contributed by atoms with van der Waals surface area (Å²) in [5.74, 6) is 6.93. The molecule has 0 spiro atoms. The first-order valence-electron chi connectivity index (χ1n) is 7.09. The van der Waals surface area contributed by atoms with Gasteiger partial charge in [-0.25, -0.2) is 0 Å². The van der Waals surface area contributed by atoms with Crippen molar-refractivity contribution in [2.45, 2.75) is 38.5 Å². The topological polar surface area (TPSA) is 18.5 Å². The lowest BCUT2D eigenvalue weighted by Gasteiger charge is -2.09. The van der Waals surface area contributed by atoms with Gasteiger partial charge in [-0.1, -0.05) is 6.07 Å². The van der Waals surface area contributed by atoms with Crippen LogP contribution in [-0.2, 0) is 0 Å². The van der Waals surface area contributed by atoms with Gasteiger partial charge in [0.25, 0.3) is 0 Å². The molecule has 0 saturated carbocycles. The van der Waals surface area contributed by atoms with E-state index in [2.05, 4.69) is 11.8 Å². The van der Waals surface area contributed by atoms with Crippen LogP contribution in [0, 0.1) is 24.7 Å². The van der Waals surface area contributed by atoms with Gasteiger partial charge >= 0.3 is 0 Å². The predicted molar refractivity (Wildman–Crippen MR) is 82.8 cm³/mol. The van der Waals surface area contributed by atoms with Gasteiger partial charge < -0.3 is 9.47 Å². The molecule has 0 saturated heterocycles. The fourth-order valence-corrected chi connectivity index (χ4v) is 1.69. The summed E-state index contributed by atoms with van der Waals surface area (Å²) in [5.41, 5.74) is 0. The molecular formula is C18H22O2. The van der Waals surface area contributed by atoms with Crippen LogP contribution in [0.15, 0.2) is 24.3 Å². The molecule has 0 aliphatic carbocycles. The molecule has 2 nitrogen and oxygen atoms in total. The summed E-state index contributed by atoms with van der Waals surface area (Å²) in [6.45, 7) is 1.38. The molecule has 0 N–H and O–H groups in total. The molecule has 2 heteroatoms. The fraction of sp³-hybridized carbons (Fsp3) is 0.444. The van der Waals surface area contributed by atoms with Gasteiger partial charge in [0.1, 0.15) is 11.5 Å². The Morgan fingerprint density at radius 3 is 1.75 bits per heavy atom. The predicted octanol–water partition coefficient (Wildman–Crippen LogP) is 4.05. The van der Waals surface area contributed by atoms with Gasteiger partial charge in [-0.2, -0.15) is 0 Å². The minimum absolute atomic E-state index is 0.688. The van der Waals surface area contributed by atoms with Crippen LogP contribution >= 0.6 is 0 Å². The molecule has 1 aromatic rings. The van der Waals surface area contributed by atoms with Gasteiger partial charge in [0.2, 0.25) is 0 Å². The van der Waals surface area contributed by atoms with E-state index in [9.17, 15) is 0 Å². The zero-order valence-corrected chi connectivity index (χ0v) is 11.9. The summed E-state index contributed by atoms with van der Waals surface area (Å²) in [6, 6.07) is 7.73. The molecule has 0 bridgehead atoms. The minimum Gasteiger partial charge on any atom is -0.493 e. The highest BCUT2D eigenvalue weighted by Crippen LogP contribution is 2.20. The maximum atomic E-state index is 5.66. The molecule has 0 atom stereocenters. The molecule has 0 radical (unpaired) electrons. The van der Waals surface area contributed by atoms with Crippen LogP contribution in [0.3, 0.4) is 0 Å². The highest BCUT2D eigenvalue weighted by atomic mass is 16.5. The van der Waals surface area contributed by atoms with Crippen molar-refractivity contribution >= 4 is 0 Å². The first kappa shape index (κ1) is 16.0. The second kappa shape index (κ2) is 10.8.